The van der Waals surface area contributed by atoms with Crippen LogP contribution in [0.2, 0.25) is 0 Å². The molecule has 1 N–H and O–H groups in total. The summed E-state index contributed by atoms with van der Waals surface area (Å²) in [6.07, 6.45) is 2.32. The van der Waals surface area contributed by atoms with Crippen molar-refractivity contribution in [2.45, 2.75) is 63.3 Å². The van der Waals surface area contributed by atoms with E-state index in [4.69, 9.17) is 0 Å². The van der Waals surface area contributed by atoms with E-state index in [1.54, 1.807) is 10.9 Å². The zero-order chi connectivity index (χ0) is 22.6. The lowest BCUT2D eigenvalue weighted by molar-refractivity contribution is 0.493. The molecule has 0 aliphatic heterocycles. The van der Waals surface area contributed by atoms with Gasteiger partial charge in [-0.25, -0.2) is 13.1 Å². The second-order valence-corrected chi connectivity index (χ2v) is 11.0. The molecule has 0 spiro atoms. The molecule has 0 radical (unpaired) electrons. The lowest BCUT2D eigenvalue weighted by Crippen LogP contribution is -2.28. The summed E-state index contributed by atoms with van der Waals surface area (Å²) < 4.78 is 31.0. The maximum Gasteiger partial charge on any atom is 0.243 e. The van der Waals surface area contributed by atoms with Crippen LogP contribution in [0.3, 0.4) is 0 Å². The van der Waals surface area contributed by atoms with Crippen LogP contribution < -0.4 is 4.72 Å². The first-order valence-corrected chi connectivity index (χ1v) is 12.3. The van der Waals surface area contributed by atoms with E-state index in [0.29, 0.717) is 18.7 Å². The molecule has 6 heteroatoms. The van der Waals surface area contributed by atoms with Gasteiger partial charge in [-0.2, -0.15) is 5.10 Å². The van der Waals surface area contributed by atoms with Crippen LogP contribution in [0, 0.1) is 0 Å². The number of benzene rings is 2. The lowest BCUT2D eigenvalue weighted by atomic mass is 9.89. The van der Waals surface area contributed by atoms with Gasteiger partial charge >= 0.3 is 0 Å². The summed E-state index contributed by atoms with van der Waals surface area (Å²) in [6, 6.07) is 20.5. The number of aromatic nitrogens is 2. The molecular formula is C25H33N3O2S. The summed E-state index contributed by atoms with van der Waals surface area (Å²) >= 11 is 0. The topological polar surface area (TPSA) is 64.0 Å². The first-order chi connectivity index (χ1) is 14.6. The van der Waals surface area contributed by atoms with Crippen molar-refractivity contribution in [1.29, 1.82) is 0 Å². The van der Waals surface area contributed by atoms with Gasteiger partial charge in [0, 0.05) is 30.1 Å². The van der Waals surface area contributed by atoms with Gasteiger partial charge in [0.15, 0.2) is 0 Å². The van der Waals surface area contributed by atoms with Crippen molar-refractivity contribution >= 4 is 10.0 Å². The monoisotopic (exact) mass is 439 g/mol. The third-order valence-corrected chi connectivity index (χ3v) is 6.82. The highest BCUT2D eigenvalue weighted by Gasteiger charge is 2.30. The Bertz CT molecular complexity index is 1040. The highest BCUT2D eigenvalue weighted by Crippen LogP contribution is 2.30. The predicted molar refractivity (Wildman–Crippen MR) is 126 cm³/mol. The Balaban J connectivity index is 1.83. The van der Waals surface area contributed by atoms with Gasteiger partial charge < -0.3 is 0 Å². The Morgan fingerprint density at radius 1 is 0.935 bits per heavy atom. The standard InChI is InChI=1S/C25H33N3O2S/c1-19(2)28-18-23(24(27-28)25(3,4)5)31(29,30)26-17-16-22(20-12-8-6-9-13-20)21-14-10-7-11-15-21/h6-15,18-19,22,26H,16-17H2,1-5H3. The molecule has 1 heterocycles. The van der Waals surface area contributed by atoms with Crippen molar-refractivity contribution in [3.8, 4) is 0 Å². The number of rotatable bonds is 8. The average Bonchev–Trinajstić information content (AvgIpc) is 3.20. The smallest absolute Gasteiger partial charge is 0.243 e. The van der Waals surface area contributed by atoms with Crippen molar-refractivity contribution in [1.82, 2.24) is 14.5 Å². The number of hydrogen-bond acceptors (Lipinski definition) is 3. The molecule has 0 aliphatic rings. The van der Waals surface area contributed by atoms with Crippen molar-refractivity contribution in [2.24, 2.45) is 0 Å². The van der Waals surface area contributed by atoms with E-state index in [9.17, 15) is 8.42 Å². The van der Waals surface area contributed by atoms with Gasteiger partial charge in [-0.15, -0.1) is 0 Å². The normalized spacial score (nSPS) is 12.6. The molecule has 31 heavy (non-hydrogen) atoms. The molecule has 1 aromatic heterocycles. The molecule has 2 aromatic carbocycles. The fraction of sp³-hybridized carbons (Fsp3) is 0.400. The Kier molecular flexibility index (Phi) is 7.02. The Hall–Kier alpha value is -2.44. The molecule has 0 unspecified atom stereocenters. The third-order valence-electron chi connectivity index (χ3n) is 5.36. The Labute approximate surface area is 186 Å². The van der Waals surface area contributed by atoms with Crippen molar-refractivity contribution in [2.75, 3.05) is 6.54 Å². The summed E-state index contributed by atoms with van der Waals surface area (Å²) in [6.45, 7) is 10.3. The molecule has 0 bridgehead atoms. The fourth-order valence-corrected chi connectivity index (χ4v) is 5.06. The van der Waals surface area contributed by atoms with Gasteiger partial charge in [0.1, 0.15) is 4.90 Å². The first kappa shape index (κ1) is 23.2. The molecular weight excluding hydrogens is 406 g/mol. The molecule has 5 nitrogen and oxygen atoms in total. The van der Waals surface area contributed by atoms with Gasteiger partial charge in [0.25, 0.3) is 0 Å². The number of sulfonamides is 1. The van der Waals surface area contributed by atoms with E-state index in [0.717, 1.165) is 0 Å². The largest absolute Gasteiger partial charge is 0.269 e. The van der Waals surface area contributed by atoms with Crippen LogP contribution >= 0.6 is 0 Å². The third kappa shape index (κ3) is 5.63. The first-order valence-electron chi connectivity index (χ1n) is 10.8. The minimum Gasteiger partial charge on any atom is -0.269 e. The summed E-state index contributed by atoms with van der Waals surface area (Å²) in [5.74, 6) is 0.116. The quantitative estimate of drug-likeness (QED) is 0.520. The molecule has 0 atom stereocenters. The van der Waals surface area contributed by atoms with E-state index in [-0.39, 0.29) is 22.3 Å². The molecule has 3 aromatic rings. The highest BCUT2D eigenvalue weighted by molar-refractivity contribution is 7.89. The van der Waals surface area contributed by atoms with E-state index in [2.05, 4.69) is 34.1 Å². The summed E-state index contributed by atoms with van der Waals surface area (Å²) in [7, 11) is -3.68. The van der Waals surface area contributed by atoms with Gasteiger partial charge in [-0.1, -0.05) is 81.4 Å². The van der Waals surface area contributed by atoms with Crippen molar-refractivity contribution in [3.05, 3.63) is 83.7 Å². The summed E-state index contributed by atoms with van der Waals surface area (Å²) in [4.78, 5) is 0.268. The number of nitrogens with one attached hydrogen (secondary N) is 1. The van der Waals surface area contributed by atoms with Crippen molar-refractivity contribution in [3.63, 3.8) is 0 Å². The van der Waals surface area contributed by atoms with E-state index in [1.165, 1.54) is 11.1 Å². The van der Waals surface area contributed by atoms with Crippen LogP contribution in [-0.4, -0.2) is 24.7 Å². The molecule has 0 saturated carbocycles. The van der Waals surface area contributed by atoms with Crippen LogP contribution in [0.25, 0.3) is 0 Å². The number of hydrogen-bond donors (Lipinski definition) is 1. The minimum absolute atomic E-state index is 0.0885. The van der Waals surface area contributed by atoms with Crippen LogP contribution in [0.4, 0.5) is 0 Å². The molecule has 3 rings (SSSR count). The van der Waals surface area contributed by atoms with E-state index in [1.807, 2.05) is 71.0 Å². The SMILES string of the molecule is CC(C)n1cc(S(=O)(=O)NCCC(c2ccccc2)c2ccccc2)c(C(C)(C)C)n1. The highest BCUT2D eigenvalue weighted by atomic mass is 32.2. The lowest BCUT2D eigenvalue weighted by Gasteiger charge is -2.20. The number of nitrogens with zero attached hydrogens (tertiary/aromatic N) is 2. The molecule has 166 valence electrons. The van der Waals surface area contributed by atoms with Crippen LogP contribution in [0.1, 0.15) is 69.8 Å². The van der Waals surface area contributed by atoms with E-state index < -0.39 is 10.0 Å². The average molecular weight is 440 g/mol. The van der Waals surface area contributed by atoms with E-state index >= 15 is 0 Å². The van der Waals surface area contributed by atoms with Gasteiger partial charge in [-0.3, -0.25) is 4.68 Å². The molecule has 0 fully saturated rings. The zero-order valence-electron chi connectivity index (χ0n) is 19.0. The van der Waals surface area contributed by atoms with Crippen LogP contribution in [0.5, 0.6) is 0 Å². The van der Waals surface area contributed by atoms with Gasteiger partial charge in [0.05, 0.1) is 5.69 Å². The maximum absolute atomic E-state index is 13.2. The zero-order valence-corrected chi connectivity index (χ0v) is 19.9. The molecule has 0 saturated heterocycles. The maximum atomic E-state index is 13.2. The van der Waals surface area contributed by atoms with Gasteiger partial charge in [0.2, 0.25) is 10.0 Å². The Morgan fingerprint density at radius 3 is 1.90 bits per heavy atom. The van der Waals surface area contributed by atoms with Crippen molar-refractivity contribution < 1.29 is 8.42 Å². The Morgan fingerprint density at radius 2 is 1.45 bits per heavy atom. The van der Waals surface area contributed by atoms with Crippen LogP contribution in [0.15, 0.2) is 71.8 Å². The second-order valence-electron chi connectivity index (χ2n) is 9.23. The van der Waals surface area contributed by atoms with Crippen LogP contribution in [-0.2, 0) is 15.4 Å². The molecule has 0 aliphatic carbocycles. The molecule has 0 amide bonds. The minimum atomic E-state index is -3.68. The summed E-state index contributed by atoms with van der Waals surface area (Å²) in [5, 5.41) is 4.58. The second kappa shape index (κ2) is 9.37. The summed E-state index contributed by atoms with van der Waals surface area (Å²) in [5.41, 5.74) is 2.57. The predicted octanol–water partition coefficient (Wildman–Crippen LogP) is 5.26. The van der Waals surface area contributed by atoms with Gasteiger partial charge in [-0.05, 0) is 31.4 Å². The fourth-order valence-electron chi connectivity index (χ4n) is 3.67.